The molecule has 0 aliphatic carbocycles. The van der Waals surface area contributed by atoms with Crippen LogP contribution in [0.15, 0.2) is 47.5 Å². The van der Waals surface area contributed by atoms with Gasteiger partial charge in [0, 0.05) is 17.8 Å². The maximum Gasteiger partial charge on any atom is 0.283 e. The van der Waals surface area contributed by atoms with Crippen LogP contribution in [0.25, 0.3) is 28.0 Å². The number of hydrogen-bond acceptors (Lipinski definition) is 3. The average Bonchev–Trinajstić information content (AvgIpc) is 2.89. The fourth-order valence-corrected chi connectivity index (χ4v) is 2.41. The first-order valence-corrected chi connectivity index (χ1v) is 6.46. The Bertz CT molecular complexity index is 1020. The molecule has 0 bridgehead atoms. The fraction of sp³-hybridized carbons (Fsp3) is 0. The van der Waals surface area contributed by atoms with Crippen molar-refractivity contribution in [3.05, 3.63) is 64.7 Å². The maximum atomic E-state index is 13.8. The summed E-state index contributed by atoms with van der Waals surface area (Å²) in [6, 6.07) is 7.49. The van der Waals surface area contributed by atoms with Crippen molar-refractivity contribution in [3.8, 4) is 17.1 Å². The van der Waals surface area contributed by atoms with E-state index in [4.69, 9.17) is 0 Å². The maximum absolute atomic E-state index is 13.8. The number of rotatable bonds is 1. The molecule has 0 amide bonds. The molecule has 0 spiro atoms. The zero-order valence-electron chi connectivity index (χ0n) is 11.0. The van der Waals surface area contributed by atoms with Crippen molar-refractivity contribution in [2.75, 3.05) is 0 Å². The lowest BCUT2D eigenvalue weighted by molar-refractivity contribution is 0.515. The first-order chi connectivity index (χ1) is 10.7. The summed E-state index contributed by atoms with van der Waals surface area (Å²) in [7, 11) is 0. The lowest BCUT2D eigenvalue weighted by Crippen LogP contribution is -2.15. The van der Waals surface area contributed by atoms with Crippen LogP contribution < -0.4 is 5.56 Å². The molecular weight excluding hydrogens is 290 g/mol. The van der Waals surface area contributed by atoms with Gasteiger partial charge in [0.25, 0.3) is 5.56 Å². The predicted octanol–water partition coefficient (Wildman–Crippen LogP) is 2.49. The quantitative estimate of drug-likeness (QED) is 0.587. The summed E-state index contributed by atoms with van der Waals surface area (Å²) in [6.45, 7) is 0. The number of pyridine rings is 2. The van der Waals surface area contributed by atoms with E-state index in [9.17, 15) is 13.6 Å². The summed E-state index contributed by atoms with van der Waals surface area (Å²) < 4.78 is 28.3. The van der Waals surface area contributed by atoms with Crippen molar-refractivity contribution >= 4 is 10.9 Å². The Labute approximate surface area is 122 Å². The minimum atomic E-state index is -1.00. The first kappa shape index (κ1) is 12.6. The van der Waals surface area contributed by atoms with Gasteiger partial charge in [0.2, 0.25) is 0 Å². The van der Waals surface area contributed by atoms with E-state index in [0.717, 1.165) is 10.7 Å². The zero-order chi connectivity index (χ0) is 15.3. The van der Waals surface area contributed by atoms with Crippen LogP contribution in [0, 0.1) is 11.6 Å². The molecule has 0 saturated heterocycles. The highest BCUT2D eigenvalue weighted by Crippen LogP contribution is 2.28. The molecule has 1 N–H and O–H groups in total. The molecule has 2 aliphatic rings. The lowest BCUT2D eigenvalue weighted by atomic mass is 10.1. The lowest BCUT2D eigenvalue weighted by Gasteiger charge is -2.04. The van der Waals surface area contributed by atoms with Gasteiger partial charge in [-0.2, -0.15) is 9.78 Å². The van der Waals surface area contributed by atoms with Crippen LogP contribution in [0.2, 0.25) is 0 Å². The number of halogens is 2. The molecule has 0 saturated carbocycles. The van der Waals surface area contributed by atoms with Gasteiger partial charge in [-0.1, -0.05) is 6.07 Å². The number of H-pyrrole nitrogens is 1. The predicted molar refractivity (Wildman–Crippen MR) is 76.0 cm³/mol. The Morgan fingerprint density at radius 2 is 2.00 bits per heavy atom. The molecule has 22 heavy (non-hydrogen) atoms. The van der Waals surface area contributed by atoms with Crippen molar-refractivity contribution in [1.29, 1.82) is 0 Å². The molecule has 0 atom stereocenters. The largest absolute Gasteiger partial charge is 0.358 e. The summed E-state index contributed by atoms with van der Waals surface area (Å²) in [5, 5.41) is 4.55. The molecular formula is C15H8F2N4O. The second-order valence-electron chi connectivity index (χ2n) is 4.74. The van der Waals surface area contributed by atoms with Crippen LogP contribution in [0.1, 0.15) is 0 Å². The molecule has 3 heterocycles. The van der Waals surface area contributed by atoms with Crippen molar-refractivity contribution in [2.45, 2.75) is 0 Å². The Kier molecular flexibility index (Phi) is 2.56. The van der Waals surface area contributed by atoms with E-state index in [1.54, 1.807) is 24.4 Å². The Hall–Kier alpha value is -3.09. The summed E-state index contributed by atoms with van der Waals surface area (Å²) in [5.74, 6) is -1.60. The van der Waals surface area contributed by atoms with Gasteiger partial charge in [-0.15, -0.1) is 0 Å². The van der Waals surface area contributed by atoms with Crippen molar-refractivity contribution in [3.63, 3.8) is 0 Å². The number of nitrogens with one attached hydrogen (secondary N) is 1. The molecule has 7 heteroatoms. The van der Waals surface area contributed by atoms with Crippen LogP contribution >= 0.6 is 0 Å². The summed E-state index contributed by atoms with van der Waals surface area (Å²) in [5.41, 5.74) is 0.169. The van der Waals surface area contributed by atoms with Crippen molar-refractivity contribution in [1.82, 2.24) is 19.7 Å². The third kappa shape index (κ3) is 1.65. The van der Waals surface area contributed by atoms with E-state index >= 15 is 0 Å². The van der Waals surface area contributed by atoms with E-state index in [0.29, 0.717) is 16.9 Å². The Morgan fingerprint density at radius 1 is 1.14 bits per heavy atom. The fourth-order valence-electron chi connectivity index (χ4n) is 2.41. The van der Waals surface area contributed by atoms with E-state index in [1.165, 1.54) is 12.3 Å². The number of benzene rings is 1. The van der Waals surface area contributed by atoms with Crippen LogP contribution in [-0.4, -0.2) is 19.7 Å². The standard InChI is InChI=1S/C15H8F2N4O/c16-10-5-4-8-13-9(7-19-14(8)12(10)17)15(22)21(20-13)11-3-1-2-6-18-11/h1-7,19H. The molecule has 1 aromatic carbocycles. The van der Waals surface area contributed by atoms with Gasteiger partial charge >= 0.3 is 0 Å². The Morgan fingerprint density at radius 3 is 2.77 bits per heavy atom. The molecule has 2 aromatic rings. The molecule has 4 rings (SSSR count). The topological polar surface area (TPSA) is 63.6 Å². The van der Waals surface area contributed by atoms with E-state index in [2.05, 4.69) is 15.1 Å². The second kappa shape index (κ2) is 4.45. The summed E-state index contributed by atoms with van der Waals surface area (Å²) >= 11 is 0. The van der Waals surface area contributed by atoms with Crippen molar-refractivity contribution < 1.29 is 8.78 Å². The molecule has 0 fully saturated rings. The number of aromatic nitrogens is 4. The smallest absolute Gasteiger partial charge is 0.283 e. The highest BCUT2D eigenvalue weighted by Gasteiger charge is 2.21. The third-order valence-electron chi connectivity index (χ3n) is 3.45. The van der Waals surface area contributed by atoms with E-state index in [1.807, 2.05) is 0 Å². The zero-order valence-corrected chi connectivity index (χ0v) is 11.0. The molecule has 0 radical (unpaired) electrons. The van der Waals surface area contributed by atoms with Crippen LogP contribution in [-0.2, 0) is 0 Å². The number of fused-ring (bicyclic) bond motifs is 3. The highest BCUT2D eigenvalue weighted by atomic mass is 19.2. The van der Waals surface area contributed by atoms with Crippen LogP contribution in [0.5, 0.6) is 0 Å². The van der Waals surface area contributed by atoms with E-state index < -0.39 is 11.6 Å². The highest BCUT2D eigenvalue weighted by molar-refractivity contribution is 5.93. The molecule has 108 valence electrons. The Balaban J connectivity index is 2.10. The van der Waals surface area contributed by atoms with Crippen molar-refractivity contribution in [2.24, 2.45) is 0 Å². The molecule has 0 unspecified atom stereocenters. The monoisotopic (exact) mass is 298 g/mol. The summed E-state index contributed by atoms with van der Waals surface area (Å²) in [4.78, 5) is 19.1. The third-order valence-corrected chi connectivity index (χ3v) is 3.45. The average molecular weight is 298 g/mol. The van der Waals surface area contributed by atoms with Gasteiger partial charge in [0.1, 0.15) is 5.69 Å². The van der Waals surface area contributed by atoms with Crippen LogP contribution in [0.4, 0.5) is 8.78 Å². The SMILES string of the molecule is O=c1c2c[nH]c3c(F)c(F)ccc3c-2nn1-c1ccccn1. The van der Waals surface area contributed by atoms with Gasteiger partial charge in [0.05, 0.1) is 11.1 Å². The molecule has 5 nitrogen and oxygen atoms in total. The number of nitrogens with zero attached hydrogens (tertiary/aromatic N) is 3. The molecule has 1 aromatic heterocycles. The van der Waals surface area contributed by atoms with Gasteiger partial charge in [-0.05, 0) is 24.3 Å². The first-order valence-electron chi connectivity index (χ1n) is 6.46. The van der Waals surface area contributed by atoms with Gasteiger partial charge in [0.15, 0.2) is 17.5 Å². The minimum absolute atomic E-state index is 0.0295. The van der Waals surface area contributed by atoms with E-state index in [-0.39, 0.29) is 16.6 Å². The number of aromatic amines is 1. The summed E-state index contributed by atoms with van der Waals surface area (Å²) in [6.07, 6.45) is 2.87. The van der Waals surface area contributed by atoms with Gasteiger partial charge < -0.3 is 4.98 Å². The minimum Gasteiger partial charge on any atom is -0.358 e. The second-order valence-corrected chi connectivity index (χ2v) is 4.74. The number of hydrogen-bond donors (Lipinski definition) is 1. The normalized spacial score (nSPS) is 11.4. The van der Waals surface area contributed by atoms with Gasteiger partial charge in [-0.3, -0.25) is 4.79 Å². The molecule has 2 aliphatic heterocycles. The van der Waals surface area contributed by atoms with Crippen LogP contribution in [0.3, 0.4) is 0 Å². The van der Waals surface area contributed by atoms with Gasteiger partial charge in [-0.25, -0.2) is 13.8 Å².